The fourth-order valence-corrected chi connectivity index (χ4v) is 3.79. The highest BCUT2D eigenvalue weighted by Gasteiger charge is 2.48. The Morgan fingerprint density at radius 3 is 2.25 bits per heavy atom. The number of carboxylic acid groups (broad SMARTS) is 2. The Bertz CT molecular complexity index is 1120. The number of rotatable bonds is 9. The fraction of sp³-hybridized carbons (Fsp3) is 0.318. The molecule has 6 N–H and O–H groups in total. The van der Waals surface area contributed by atoms with Gasteiger partial charge in [0, 0.05) is 5.69 Å². The van der Waals surface area contributed by atoms with E-state index < -0.39 is 61.6 Å². The third-order valence-corrected chi connectivity index (χ3v) is 5.69. The molecular formula is C22H21Cl2NO11. The van der Waals surface area contributed by atoms with Gasteiger partial charge in [0.2, 0.25) is 6.29 Å². The number of halogens is 2. The summed E-state index contributed by atoms with van der Waals surface area (Å²) < 4.78 is 15.3. The van der Waals surface area contributed by atoms with Crippen LogP contribution in [-0.2, 0) is 30.3 Å². The highest BCUT2D eigenvalue weighted by atomic mass is 35.5. The van der Waals surface area contributed by atoms with Crippen LogP contribution in [0.4, 0.5) is 11.4 Å². The van der Waals surface area contributed by atoms with E-state index in [4.69, 9.17) is 37.8 Å². The van der Waals surface area contributed by atoms with E-state index in [0.29, 0.717) is 11.4 Å². The third-order valence-electron chi connectivity index (χ3n) is 5.06. The lowest BCUT2D eigenvalue weighted by Gasteiger charge is -2.38. The number of hydrogen-bond donors (Lipinski definition) is 6. The predicted octanol–water partition coefficient (Wildman–Crippen LogP) is 1.18. The first-order chi connectivity index (χ1) is 17.0. The van der Waals surface area contributed by atoms with Gasteiger partial charge in [0.15, 0.2) is 12.7 Å². The quantitative estimate of drug-likeness (QED) is 0.247. The Morgan fingerprint density at radius 2 is 1.64 bits per heavy atom. The first-order valence-corrected chi connectivity index (χ1v) is 11.0. The Labute approximate surface area is 213 Å². The molecule has 1 fully saturated rings. The van der Waals surface area contributed by atoms with Gasteiger partial charge < -0.3 is 45.1 Å². The maximum Gasteiger partial charge on any atom is 0.341 e. The van der Waals surface area contributed by atoms with Crippen molar-refractivity contribution in [2.24, 2.45) is 0 Å². The van der Waals surface area contributed by atoms with Crippen LogP contribution in [0, 0.1) is 0 Å². The van der Waals surface area contributed by atoms with Crippen molar-refractivity contribution < 1.29 is 54.1 Å². The molecule has 12 nitrogen and oxygen atoms in total. The summed E-state index contributed by atoms with van der Waals surface area (Å²) in [5.41, 5.74) is 0.857. The minimum atomic E-state index is -1.90. The van der Waals surface area contributed by atoms with Gasteiger partial charge in [-0.2, -0.15) is 0 Å². The van der Waals surface area contributed by atoms with Crippen LogP contribution in [0.2, 0.25) is 10.0 Å². The summed E-state index contributed by atoms with van der Waals surface area (Å²) in [5, 5.41) is 51.4. The van der Waals surface area contributed by atoms with Crippen molar-refractivity contribution in [1.82, 2.24) is 0 Å². The maximum atomic E-state index is 12.2. The van der Waals surface area contributed by atoms with Crippen molar-refractivity contribution in [2.75, 3.05) is 11.9 Å². The number of carbonyl (C=O) groups excluding carboxylic acids is 1. The average Bonchev–Trinajstić information content (AvgIpc) is 2.81. The van der Waals surface area contributed by atoms with Crippen LogP contribution >= 0.6 is 23.2 Å². The molecule has 36 heavy (non-hydrogen) atoms. The van der Waals surface area contributed by atoms with Crippen LogP contribution < -0.4 is 10.1 Å². The molecule has 1 saturated heterocycles. The van der Waals surface area contributed by atoms with E-state index in [1.54, 1.807) is 18.2 Å². The first kappa shape index (κ1) is 27.5. The Balaban J connectivity index is 1.90. The summed E-state index contributed by atoms with van der Waals surface area (Å²) in [4.78, 5) is 34.2. The van der Waals surface area contributed by atoms with Crippen LogP contribution in [0.3, 0.4) is 0 Å². The molecule has 0 radical (unpaired) electrons. The van der Waals surface area contributed by atoms with Crippen molar-refractivity contribution in [3.63, 3.8) is 0 Å². The zero-order valence-electron chi connectivity index (χ0n) is 18.2. The van der Waals surface area contributed by atoms with Crippen molar-refractivity contribution >= 4 is 52.5 Å². The highest BCUT2D eigenvalue weighted by Crippen LogP contribution is 2.35. The van der Waals surface area contributed by atoms with Gasteiger partial charge in [-0.3, -0.25) is 4.79 Å². The second kappa shape index (κ2) is 11.7. The molecule has 0 aliphatic carbocycles. The van der Waals surface area contributed by atoms with E-state index in [1.807, 2.05) is 0 Å². The molecule has 1 unspecified atom stereocenters. The van der Waals surface area contributed by atoms with E-state index in [1.165, 1.54) is 18.2 Å². The normalized spacial score (nSPS) is 23.5. The first-order valence-electron chi connectivity index (χ1n) is 10.3. The summed E-state index contributed by atoms with van der Waals surface area (Å²) in [7, 11) is 0. The van der Waals surface area contributed by atoms with Crippen molar-refractivity contribution in [1.29, 1.82) is 0 Å². The molecule has 14 heteroatoms. The lowest BCUT2D eigenvalue weighted by Crippen LogP contribution is -2.61. The number of para-hydroxylation sites is 1. The van der Waals surface area contributed by atoms with E-state index >= 15 is 0 Å². The summed E-state index contributed by atoms with van der Waals surface area (Å²) >= 11 is 12.4. The van der Waals surface area contributed by atoms with Crippen LogP contribution in [0.5, 0.6) is 5.75 Å². The molecular weight excluding hydrogens is 525 g/mol. The van der Waals surface area contributed by atoms with Gasteiger partial charge in [-0.25, -0.2) is 9.59 Å². The molecule has 0 spiro atoms. The van der Waals surface area contributed by atoms with Gasteiger partial charge in [0.1, 0.15) is 24.1 Å². The maximum absolute atomic E-state index is 12.2. The monoisotopic (exact) mass is 545 g/mol. The van der Waals surface area contributed by atoms with Gasteiger partial charge in [-0.1, -0.05) is 29.3 Å². The minimum absolute atomic E-state index is 0.0244. The molecule has 0 amide bonds. The fourth-order valence-electron chi connectivity index (χ4n) is 3.30. The SMILES string of the molecule is O=C(O)COC(=O)Cc1cc(OC2O[C@H](C(=O)O)[C@@H](O)[C@H](O)[C@H]2O)ccc1Nc1c(Cl)cccc1Cl. The number of aliphatic hydroxyl groups is 3. The van der Waals surface area contributed by atoms with Gasteiger partial charge in [-0.15, -0.1) is 0 Å². The second-order valence-corrected chi connectivity index (χ2v) is 8.44. The second-order valence-electron chi connectivity index (χ2n) is 7.62. The van der Waals surface area contributed by atoms with Crippen LogP contribution in [-0.4, -0.2) is 80.8 Å². The van der Waals surface area contributed by atoms with Gasteiger partial charge in [-0.05, 0) is 35.9 Å². The molecule has 2 aromatic carbocycles. The molecule has 0 bridgehead atoms. The number of aliphatic hydroxyl groups excluding tert-OH is 3. The molecule has 1 heterocycles. The summed E-state index contributed by atoms with van der Waals surface area (Å²) in [6.07, 6.45) is -9.57. The number of nitrogens with one attached hydrogen (secondary N) is 1. The van der Waals surface area contributed by atoms with Gasteiger partial charge >= 0.3 is 17.9 Å². The topological polar surface area (TPSA) is 192 Å². The molecule has 1 aliphatic rings. The number of benzene rings is 2. The summed E-state index contributed by atoms with van der Waals surface area (Å²) in [5.74, 6) is -3.84. The van der Waals surface area contributed by atoms with E-state index in [-0.39, 0.29) is 21.4 Å². The van der Waals surface area contributed by atoms with E-state index in [2.05, 4.69) is 10.1 Å². The largest absolute Gasteiger partial charge is 0.479 e. The smallest absolute Gasteiger partial charge is 0.341 e. The van der Waals surface area contributed by atoms with E-state index in [9.17, 15) is 34.8 Å². The number of ether oxygens (including phenoxy) is 3. The van der Waals surface area contributed by atoms with Crippen LogP contribution in [0.25, 0.3) is 0 Å². The molecule has 2 aromatic rings. The number of anilines is 2. The lowest BCUT2D eigenvalue weighted by atomic mass is 9.99. The van der Waals surface area contributed by atoms with Gasteiger partial charge in [0.25, 0.3) is 0 Å². The zero-order valence-corrected chi connectivity index (χ0v) is 19.7. The lowest BCUT2D eigenvalue weighted by molar-refractivity contribution is -0.271. The van der Waals surface area contributed by atoms with Gasteiger partial charge in [0.05, 0.1) is 22.2 Å². The van der Waals surface area contributed by atoms with Crippen molar-refractivity contribution in [3.8, 4) is 5.75 Å². The molecule has 5 atom stereocenters. The third kappa shape index (κ3) is 6.55. The molecule has 3 rings (SSSR count). The summed E-state index contributed by atoms with van der Waals surface area (Å²) in [6, 6.07) is 8.93. The number of carbonyl (C=O) groups is 3. The number of esters is 1. The van der Waals surface area contributed by atoms with Crippen LogP contribution in [0.1, 0.15) is 5.56 Å². The Kier molecular flexibility index (Phi) is 8.95. The van der Waals surface area contributed by atoms with Crippen LogP contribution in [0.15, 0.2) is 36.4 Å². The number of hydrogen-bond acceptors (Lipinski definition) is 10. The molecule has 0 aromatic heterocycles. The van der Waals surface area contributed by atoms with E-state index in [0.717, 1.165) is 0 Å². The van der Waals surface area contributed by atoms with Crippen molar-refractivity contribution in [2.45, 2.75) is 37.1 Å². The molecule has 0 saturated carbocycles. The average molecular weight is 546 g/mol. The Morgan fingerprint density at radius 1 is 0.972 bits per heavy atom. The Hall–Kier alpha value is -3.13. The summed E-state index contributed by atoms with van der Waals surface area (Å²) in [6.45, 7) is -0.854. The predicted molar refractivity (Wildman–Crippen MR) is 123 cm³/mol. The highest BCUT2D eigenvalue weighted by molar-refractivity contribution is 6.39. The molecule has 194 valence electrons. The standard InChI is InChI=1S/C22H21Cl2NO11/c23-11-2-1-3-12(24)16(11)25-13-5-4-10(6-9(13)7-15(28)34-8-14(26)27)35-22-19(31)17(29)18(30)20(36-22)21(32)33/h1-6,17-20,22,25,29-31H,7-8H2,(H,26,27)(H,32,33)/t17-,18-,19+,20-,22?/m0/s1. The zero-order chi connectivity index (χ0) is 26.6. The number of carboxylic acids is 2. The molecule has 1 aliphatic heterocycles. The number of aliphatic carboxylic acids is 2. The van der Waals surface area contributed by atoms with Crippen molar-refractivity contribution in [3.05, 3.63) is 52.0 Å². The minimum Gasteiger partial charge on any atom is -0.479 e.